The first-order chi connectivity index (χ1) is 8.63. The van der Waals surface area contributed by atoms with Gasteiger partial charge in [-0.05, 0) is 26.0 Å². The highest BCUT2D eigenvalue weighted by Crippen LogP contribution is 2.22. The van der Waals surface area contributed by atoms with E-state index in [4.69, 9.17) is 10.5 Å². The van der Waals surface area contributed by atoms with E-state index in [1.165, 1.54) is 12.1 Å². The normalized spacial score (nSPS) is 11.6. The van der Waals surface area contributed by atoms with E-state index in [0.717, 1.165) is 11.3 Å². The second-order valence-corrected chi connectivity index (χ2v) is 4.47. The number of imidazole rings is 1. The molecule has 4 nitrogen and oxygen atoms in total. The summed E-state index contributed by atoms with van der Waals surface area (Å²) >= 11 is 0. The van der Waals surface area contributed by atoms with E-state index >= 15 is 0 Å². The van der Waals surface area contributed by atoms with E-state index in [1.807, 2.05) is 0 Å². The minimum absolute atomic E-state index is 0.247. The molecule has 98 valence electrons. The van der Waals surface area contributed by atoms with Crippen LogP contribution in [0.3, 0.4) is 0 Å². The quantitative estimate of drug-likeness (QED) is 0.829. The molecule has 0 amide bonds. The summed E-state index contributed by atoms with van der Waals surface area (Å²) < 4.78 is 20.7. The van der Waals surface area contributed by atoms with Crippen LogP contribution >= 0.6 is 0 Å². The van der Waals surface area contributed by atoms with Gasteiger partial charge < -0.3 is 15.0 Å². The molecular formula is C13H18FN3O. The Bertz CT molecular complexity index is 536. The largest absolute Gasteiger partial charge is 0.372 e. The van der Waals surface area contributed by atoms with E-state index in [-0.39, 0.29) is 11.9 Å². The minimum atomic E-state index is -0.273. The van der Waals surface area contributed by atoms with Crippen LogP contribution in [0.1, 0.15) is 25.7 Å². The van der Waals surface area contributed by atoms with E-state index < -0.39 is 0 Å². The number of benzene rings is 1. The van der Waals surface area contributed by atoms with E-state index in [2.05, 4.69) is 23.4 Å². The Balaban J connectivity index is 2.41. The molecule has 0 saturated heterocycles. The molecule has 1 aromatic carbocycles. The zero-order valence-corrected chi connectivity index (χ0v) is 10.7. The molecular weight excluding hydrogens is 233 g/mol. The smallest absolute Gasteiger partial charge is 0.136 e. The summed E-state index contributed by atoms with van der Waals surface area (Å²) in [5, 5.41) is 0. The predicted octanol–water partition coefficient (Wildman–Crippen LogP) is 2.23. The third-order valence-corrected chi connectivity index (χ3v) is 2.73. The number of halogens is 1. The number of fused-ring (bicyclic) bond motifs is 1. The molecule has 0 atom stereocenters. The molecule has 0 spiro atoms. The van der Waals surface area contributed by atoms with E-state index in [1.54, 1.807) is 6.07 Å². The van der Waals surface area contributed by atoms with Gasteiger partial charge in [-0.15, -0.1) is 0 Å². The fourth-order valence-electron chi connectivity index (χ4n) is 2.05. The number of aromatic nitrogens is 2. The first kappa shape index (κ1) is 13.0. The highest BCUT2D eigenvalue weighted by Gasteiger charge is 2.13. The summed E-state index contributed by atoms with van der Waals surface area (Å²) in [5.41, 5.74) is 6.97. The molecule has 0 bridgehead atoms. The first-order valence-electron chi connectivity index (χ1n) is 6.07. The molecule has 0 fully saturated rings. The van der Waals surface area contributed by atoms with Crippen LogP contribution in [0.4, 0.5) is 4.39 Å². The fraction of sp³-hybridized carbons (Fsp3) is 0.462. The van der Waals surface area contributed by atoms with Crippen molar-refractivity contribution >= 4 is 11.0 Å². The van der Waals surface area contributed by atoms with Crippen molar-refractivity contribution in [1.29, 1.82) is 0 Å². The number of hydrogen-bond donors (Lipinski definition) is 1. The van der Waals surface area contributed by atoms with Crippen molar-refractivity contribution in [2.24, 2.45) is 5.73 Å². The lowest BCUT2D eigenvalue weighted by Gasteiger charge is -2.13. The van der Waals surface area contributed by atoms with Gasteiger partial charge in [-0.25, -0.2) is 9.37 Å². The predicted molar refractivity (Wildman–Crippen MR) is 68.8 cm³/mol. The molecule has 0 aliphatic rings. The zero-order chi connectivity index (χ0) is 13.1. The Morgan fingerprint density at radius 2 is 2.22 bits per heavy atom. The van der Waals surface area contributed by atoms with Gasteiger partial charge in [-0.1, -0.05) is 0 Å². The molecule has 2 N–H and O–H groups in total. The Morgan fingerprint density at radius 1 is 1.44 bits per heavy atom. The van der Waals surface area contributed by atoms with Gasteiger partial charge in [0.15, 0.2) is 0 Å². The Hall–Kier alpha value is -1.46. The zero-order valence-electron chi connectivity index (χ0n) is 10.7. The van der Waals surface area contributed by atoms with Gasteiger partial charge in [-0.3, -0.25) is 0 Å². The van der Waals surface area contributed by atoms with Gasteiger partial charge in [0, 0.05) is 18.7 Å². The summed E-state index contributed by atoms with van der Waals surface area (Å²) in [6, 6.07) is 4.90. The molecule has 0 radical (unpaired) electrons. The molecule has 0 aliphatic carbocycles. The van der Waals surface area contributed by atoms with Crippen molar-refractivity contribution in [3.63, 3.8) is 0 Å². The topological polar surface area (TPSA) is 53.1 Å². The summed E-state index contributed by atoms with van der Waals surface area (Å²) in [4.78, 5) is 4.42. The van der Waals surface area contributed by atoms with Crippen LogP contribution in [0.15, 0.2) is 18.2 Å². The highest BCUT2D eigenvalue weighted by atomic mass is 19.1. The second kappa shape index (κ2) is 5.46. The highest BCUT2D eigenvalue weighted by molar-refractivity contribution is 5.76. The van der Waals surface area contributed by atoms with Crippen molar-refractivity contribution < 1.29 is 9.13 Å². The molecule has 0 aliphatic heterocycles. The van der Waals surface area contributed by atoms with Gasteiger partial charge in [0.2, 0.25) is 0 Å². The lowest BCUT2D eigenvalue weighted by molar-refractivity contribution is 0.119. The molecule has 5 heteroatoms. The van der Waals surface area contributed by atoms with Gasteiger partial charge in [0.1, 0.15) is 18.2 Å². The number of rotatable bonds is 5. The van der Waals surface area contributed by atoms with E-state index in [0.29, 0.717) is 25.3 Å². The van der Waals surface area contributed by atoms with Crippen LogP contribution in [-0.4, -0.2) is 22.7 Å². The van der Waals surface area contributed by atoms with Crippen LogP contribution in [0.25, 0.3) is 11.0 Å². The maximum atomic E-state index is 13.2. The Labute approximate surface area is 106 Å². The SMILES string of the molecule is CC(C)n1c(COCCN)nc2cc(F)ccc21. The molecule has 1 heterocycles. The fourth-order valence-corrected chi connectivity index (χ4v) is 2.05. The van der Waals surface area contributed by atoms with Crippen LogP contribution in [0.5, 0.6) is 0 Å². The summed E-state index contributed by atoms with van der Waals surface area (Å²) in [5.74, 6) is 0.532. The number of nitrogens with zero attached hydrogens (tertiary/aromatic N) is 2. The van der Waals surface area contributed by atoms with Gasteiger partial charge >= 0.3 is 0 Å². The first-order valence-corrected chi connectivity index (χ1v) is 6.07. The monoisotopic (exact) mass is 251 g/mol. The minimum Gasteiger partial charge on any atom is -0.372 e. The van der Waals surface area contributed by atoms with Crippen molar-refractivity contribution in [3.05, 3.63) is 29.8 Å². The van der Waals surface area contributed by atoms with Crippen LogP contribution in [-0.2, 0) is 11.3 Å². The number of nitrogens with two attached hydrogens (primary N) is 1. The summed E-state index contributed by atoms with van der Waals surface area (Å²) in [6.07, 6.45) is 0. The van der Waals surface area contributed by atoms with Crippen LogP contribution in [0, 0.1) is 5.82 Å². The molecule has 0 saturated carbocycles. The summed E-state index contributed by atoms with van der Waals surface area (Å²) in [7, 11) is 0. The molecule has 2 rings (SSSR count). The van der Waals surface area contributed by atoms with Gasteiger partial charge in [0.05, 0.1) is 17.6 Å². The van der Waals surface area contributed by atoms with Crippen molar-refractivity contribution in [1.82, 2.24) is 9.55 Å². The third kappa shape index (κ3) is 2.52. The lowest BCUT2D eigenvalue weighted by atomic mass is 10.3. The number of hydrogen-bond acceptors (Lipinski definition) is 3. The standard InChI is InChI=1S/C13H18FN3O/c1-9(2)17-12-4-3-10(14)7-11(12)16-13(17)8-18-6-5-15/h3-4,7,9H,5-6,8,15H2,1-2H3. The Morgan fingerprint density at radius 3 is 2.89 bits per heavy atom. The van der Waals surface area contributed by atoms with Gasteiger partial charge in [0.25, 0.3) is 0 Å². The maximum Gasteiger partial charge on any atom is 0.136 e. The molecule has 1 aromatic heterocycles. The van der Waals surface area contributed by atoms with Crippen molar-refractivity contribution in [2.75, 3.05) is 13.2 Å². The van der Waals surface area contributed by atoms with Crippen LogP contribution < -0.4 is 5.73 Å². The van der Waals surface area contributed by atoms with E-state index in [9.17, 15) is 4.39 Å². The van der Waals surface area contributed by atoms with Gasteiger partial charge in [-0.2, -0.15) is 0 Å². The maximum absolute atomic E-state index is 13.2. The second-order valence-electron chi connectivity index (χ2n) is 4.47. The summed E-state index contributed by atoms with van der Waals surface area (Å²) in [6.45, 7) is 5.51. The lowest BCUT2D eigenvalue weighted by Crippen LogP contribution is -2.12. The average molecular weight is 251 g/mol. The number of ether oxygens (including phenoxy) is 1. The molecule has 18 heavy (non-hydrogen) atoms. The average Bonchev–Trinajstić information content (AvgIpc) is 2.66. The molecule has 2 aromatic rings. The van der Waals surface area contributed by atoms with Crippen LogP contribution in [0.2, 0.25) is 0 Å². The third-order valence-electron chi connectivity index (χ3n) is 2.73. The Kier molecular flexibility index (Phi) is 3.93. The van der Waals surface area contributed by atoms with Crippen molar-refractivity contribution in [2.45, 2.75) is 26.5 Å². The van der Waals surface area contributed by atoms with Crippen molar-refractivity contribution in [3.8, 4) is 0 Å². The molecule has 0 unspecified atom stereocenters.